The molecule has 94 valence electrons. The van der Waals surface area contributed by atoms with Gasteiger partial charge in [0.25, 0.3) is 0 Å². The summed E-state index contributed by atoms with van der Waals surface area (Å²) >= 11 is 4.52. The topological polar surface area (TPSA) is 24.7 Å². The first-order valence-electron chi connectivity index (χ1n) is 5.72. The molecule has 0 aliphatic heterocycles. The van der Waals surface area contributed by atoms with Crippen LogP contribution >= 0.6 is 22.7 Å². The van der Waals surface area contributed by atoms with Crippen LogP contribution < -0.4 is 0 Å². The van der Waals surface area contributed by atoms with Gasteiger partial charge in [-0.05, 0) is 36.5 Å². The Balaban J connectivity index is 2.46. The SMILES string of the molecule is S=C=NCN=C=S(c1ccccc1)c1ccccc1. The molecule has 0 saturated heterocycles. The van der Waals surface area contributed by atoms with Crippen molar-refractivity contribution < 1.29 is 0 Å². The first-order valence-corrected chi connectivity index (χ1v) is 7.35. The summed E-state index contributed by atoms with van der Waals surface area (Å²) in [4.78, 5) is 10.3. The minimum Gasteiger partial charge on any atom is -0.212 e. The Hall–Kier alpha value is -1.83. The fourth-order valence-corrected chi connectivity index (χ4v) is 3.10. The van der Waals surface area contributed by atoms with Crippen molar-refractivity contribution in [2.24, 2.45) is 9.98 Å². The molecule has 0 aliphatic rings. The zero-order valence-corrected chi connectivity index (χ0v) is 11.8. The van der Waals surface area contributed by atoms with E-state index >= 15 is 0 Å². The molecule has 2 aromatic carbocycles. The smallest absolute Gasteiger partial charge is 0.149 e. The lowest BCUT2D eigenvalue weighted by molar-refractivity contribution is 1.09. The highest BCUT2D eigenvalue weighted by Gasteiger charge is 2.01. The van der Waals surface area contributed by atoms with E-state index in [1.807, 2.05) is 36.4 Å². The predicted octanol–water partition coefficient (Wildman–Crippen LogP) is 4.34. The molecule has 0 N–H and O–H groups in total. The summed E-state index contributed by atoms with van der Waals surface area (Å²) in [5.74, 6) is 0. The van der Waals surface area contributed by atoms with E-state index in [-0.39, 0.29) is 17.2 Å². The molecule has 0 saturated carbocycles. The maximum Gasteiger partial charge on any atom is 0.149 e. The maximum atomic E-state index is 4.52. The van der Waals surface area contributed by atoms with Gasteiger partial charge in [0.1, 0.15) is 6.67 Å². The van der Waals surface area contributed by atoms with Gasteiger partial charge >= 0.3 is 0 Å². The van der Waals surface area contributed by atoms with Gasteiger partial charge in [0, 0.05) is 15.0 Å². The third-order valence-corrected chi connectivity index (χ3v) is 4.25. The summed E-state index contributed by atoms with van der Waals surface area (Å²) in [5, 5.41) is 5.46. The maximum absolute atomic E-state index is 4.52. The number of nitrogens with zero attached hydrogens (tertiary/aromatic N) is 2. The average Bonchev–Trinajstić information content (AvgIpc) is 2.49. The van der Waals surface area contributed by atoms with Gasteiger partial charge in [0.2, 0.25) is 0 Å². The molecule has 0 fully saturated rings. The molecule has 0 amide bonds. The summed E-state index contributed by atoms with van der Waals surface area (Å²) < 4.78 is 0. The lowest BCUT2D eigenvalue weighted by Gasteiger charge is -2.05. The minimum absolute atomic E-state index is 0.284. The van der Waals surface area contributed by atoms with Crippen molar-refractivity contribution in [3.05, 3.63) is 60.7 Å². The molecule has 0 unspecified atom stereocenters. The number of aliphatic imine (C=N–C) groups is 2. The first kappa shape index (κ1) is 13.6. The zero-order chi connectivity index (χ0) is 13.3. The lowest BCUT2D eigenvalue weighted by atomic mass is 10.4. The van der Waals surface area contributed by atoms with Crippen molar-refractivity contribution in [2.75, 3.05) is 6.67 Å². The Bertz CT molecular complexity index is 597. The van der Waals surface area contributed by atoms with Crippen LogP contribution in [0.2, 0.25) is 0 Å². The van der Waals surface area contributed by atoms with Crippen LogP contribution in [0, 0.1) is 0 Å². The number of hydrogen-bond donors (Lipinski definition) is 0. The van der Waals surface area contributed by atoms with Crippen molar-refractivity contribution >= 4 is 33.0 Å². The fraction of sp³-hybridized carbons (Fsp3) is 0.0667. The molecular weight excluding hydrogens is 272 g/mol. The molecule has 2 nitrogen and oxygen atoms in total. The molecule has 0 bridgehead atoms. The summed E-state index contributed by atoms with van der Waals surface area (Å²) in [6.45, 7) is 0.284. The quantitative estimate of drug-likeness (QED) is 0.605. The molecule has 0 radical (unpaired) electrons. The Kier molecular flexibility index (Phi) is 5.42. The summed E-state index contributed by atoms with van der Waals surface area (Å²) in [6, 6.07) is 20.4. The lowest BCUT2D eigenvalue weighted by Crippen LogP contribution is -1.79. The second-order valence-electron chi connectivity index (χ2n) is 3.57. The number of rotatable bonds is 4. The van der Waals surface area contributed by atoms with Gasteiger partial charge in [-0.2, -0.15) is 0 Å². The number of thiocarbonyl (C=S) groups is 1. The summed E-state index contributed by atoms with van der Waals surface area (Å²) in [5.41, 5.74) is 0. The molecule has 0 heterocycles. The highest BCUT2D eigenvalue weighted by atomic mass is 32.2. The molecule has 19 heavy (non-hydrogen) atoms. The van der Waals surface area contributed by atoms with Gasteiger partial charge in [-0.1, -0.05) is 46.9 Å². The van der Waals surface area contributed by atoms with Crippen LogP contribution in [0.3, 0.4) is 0 Å². The number of benzene rings is 2. The third-order valence-electron chi connectivity index (χ3n) is 2.32. The predicted molar refractivity (Wildman–Crippen MR) is 84.3 cm³/mol. The second kappa shape index (κ2) is 7.57. The first-order chi connectivity index (χ1) is 9.42. The fourth-order valence-electron chi connectivity index (χ4n) is 1.51. The van der Waals surface area contributed by atoms with E-state index in [4.69, 9.17) is 0 Å². The average molecular weight is 284 g/mol. The minimum atomic E-state index is -0.293. The van der Waals surface area contributed by atoms with E-state index < -0.39 is 0 Å². The summed E-state index contributed by atoms with van der Waals surface area (Å²) in [6.07, 6.45) is 0. The van der Waals surface area contributed by atoms with E-state index in [1.54, 1.807) is 0 Å². The van der Waals surface area contributed by atoms with Crippen LogP contribution in [-0.2, 0) is 0 Å². The van der Waals surface area contributed by atoms with Crippen LogP contribution in [0.1, 0.15) is 0 Å². The second-order valence-corrected chi connectivity index (χ2v) is 5.49. The van der Waals surface area contributed by atoms with E-state index in [1.165, 1.54) is 9.79 Å². The molecule has 0 atom stereocenters. The Morgan fingerprint density at radius 1 is 0.842 bits per heavy atom. The summed E-state index contributed by atoms with van der Waals surface area (Å²) in [7, 11) is -0.293. The monoisotopic (exact) mass is 284 g/mol. The Morgan fingerprint density at radius 3 is 1.84 bits per heavy atom. The van der Waals surface area contributed by atoms with Crippen molar-refractivity contribution in [2.45, 2.75) is 9.79 Å². The van der Waals surface area contributed by atoms with E-state index in [0.717, 1.165) is 0 Å². The highest BCUT2D eigenvalue weighted by Crippen LogP contribution is 2.33. The molecule has 4 heteroatoms. The Morgan fingerprint density at radius 2 is 1.37 bits per heavy atom. The number of isothiocyanates is 2. The van der Waals surface area contributed by atoms with Crippen molar-refractivity contribution in [1.29, 1.82) is 0 Å². The molecule has 2 rings (SSSR count). The van der Waals surface area contributed by atoms with Gasteiger partial charge in [-0.25, -0.2) is 9.98 Å². The molecule has 2 aromatic rings. The molecule has 0 aliphatic carbocycles. The van der Waals surface area contributed by atoms with Gasteiger partial charge in [0.15, 0.2) is 0 Å². The molecule has 0 spiro atoms. The normalized spacial score (nSPS) is 9.53. The van der Waals surface area contributed by atoms with E-state index in [0.29, 0.717) is 0 Å². The van der Waals surface area contributed by atoms with Gasteiger partial charge < -0.3 is 0 Å². The van der Waals surface area contributed by atoms with Crippen LogP contribution in [0.5, 0.6) is 0 Å². The van der Waals surface area contributed by atoms with Crippen molar-refractivity contribution in [3.8, 4) is 0 Å². The third kappa shape index (κ3) is 4.09. The molecular formula is C15H12N2S2. The van der Waals surface area contributed by atoms with Crippen LogP contribution in [0.4, 0.5) is 0 Å². The largest absolute Gasteiger partial charge is 0.212 e. The zero-order valence-electron chi connectivity index (χ0n) is 10.2. The van der Waals surface area contributed by atoms with Crippen molar-refractivity contribution in [1.82, 2.24) is 0 Å². The van der Waals surface area contributed by atoms with Crippen LogP contribution in [0.15, 0.2) is 80.4 Å². The van der Waals surface area contributed by atoms with Gasteiger partial charge in [-0.15, -0.1) is 0 Å². The van der Waals surface area contributed by atoms with Crippen LogP contribution in [0.25, 0.3) is 0 Å². The van der Waals surface area contributed by atoms with Crippen LogP contribution in [-0.4, -0.2) is 17.0 Å². The van der Waals surface area contributed by atoms with E-state index in [2.05, 4.69) is 56.8 Å². The van der Waals surface area contributed by atoms with Crippen molar-refractivity contribution in [3.63, 3.8) is 0 Å². The number of hydrogen-bond acceptors (Lipinski definition) is 3. The van der Waals surface area contributed by atoms with Gasteiger partial charge in [0.05, 0.1) is 5.16 Å². The Labute approximate surface area is 120 Å². The van der Waals surface area contributed by atoms with E-state index in [9.17, 15) is 0 Å². The highest BCUT2D eigenvalue weighted by molar-refractivity contribution is 8.14. The van der Waals surface area contributed by atoms with Gasteiger partial charge in [-0.3, -0.25) is 0 Å². The molecule has 0 aromatic heterocycles. The standard InChI is InChI=1S/C15H12N2S2/c18-12-16-11-17-13-19(14-7-3-1-4-8-14)15-9-5-2-6-10-15/h1-10H,11H2.